The number of aryl methyl sites for hydroxylation is 1. The molecule has 2 N–H and O–H groups in total. The number of benzene rings is 2. The largest absolute Gasteiger partial charge is 0.505 e. The van der Waals surface area contributed by atoms with Crippen LogP contribution in [0.25, 0.3) is 0 Å². The van der Waals surface area contributed by atoms with E-state index in [4.69, 9.17) is 23.2 Å². The lowest BCUT2D eigenvalue weighted by Gasteiger charge is -2.11. The molecule has 19 heavy (non-hydrogen) atoms. The number of anilines is 1. The second kappa shape index (κ2) is 5.68. The molecule has 0 unspecified atom stereocenters. The molecule has 5 heteroatoms. The zero-order chi connectivity index (χ0) is 14.0. The molecule has 0 aliphatic carbocycles. The average Bonchev–Trinajstić information content (AvgIpc) is 2.37. The molecule has 0 atom stereocenters. The summed E-state index contributed by atoms with van der Waals surface area (Å²) in [5.41, 5.74) is 1.97. The number of halogens is 3. The number of phenolic OH excluding ortho intramolecular Hbond substituents is 1. The predicted molar refractivity (Wildman–Crippen MR) is 76.6 cm³/mol. The normalized spacial score (nSPS) is 10.5. The number of phenols is 1. The van der Waals surface area contributed by atoms with Crippen LogP contribution in [0.1, 0.15) is 11.1 Å². The molecule has 0 radical (unpaired) electrons. The number of rotatable bonds is 3. The van der Waals surface area contributed by atoms with Gasteiger partial charge in [0.1, 0.15) is 0 Å². The van der Waals surface area contributed by atoms with Crippen LogP contribution < -0.4 is 5.32 Å². The molecule has 0 saturated carbocycles. The van der Waals surface area contributed by atoms with Gasteiger partial charge in [-0.3, -0.25) is 0 Å². The molecule has 2 aromatic rings. The van der Waals surface area contributed by atoms with Crippen LogP contribution in [0.3, 0.4) is 0 Å². The van der Waals surface area contributed by atoms with Gasteiger partial charge in [0, 0.05) is 17.1 Å². The third-order valence-electron chi connectivity index (χ3n) is 2.79. The number of hydrogen-bond acceptors (Lipinski definition) is 2. The van der Waals surface area contributed by atoms with E-state index in [0.29, 0.717) is 21.3 Å². The molecule has 2 rings (SSSR count). The van der Waals surface area contributed by atoms with E-state index in [0.717, 1.165) is 5.56 Å². The summed E-state index contributed by atoms with van der Waals surface area (Å²) in [5.74, 6) is -1.00. The van der Waals surface area contributed by atoms with Gasteiger partial charge in [-0.2, -0.15) is 0 Å². The van der Waals surface area contributed by atoms with Crippen LogP contribution in [-0.4, -0.2) is 5.11 Å². The van der Waals surface area contributed by atoms with E-state index >= 15 is 0 Å². The molecule has 100 valence electrons. The van der Waals surface area contributed by atoms with Crippen LogP contribution in [0, 0.1) is 12.7 Å². The molecule has 0 amide bonds. The van der Waals surface area contributed by atoms with E-state index in [-0.39, 0.29) is 12.3 Å². The first-order valence-corrected chi connectivity index (χ1v) is 6.40. The summed E-state index contributed by atoms with van der Waals surface area (Å²) in [5, 5.41) is 13.7. The minimum Gasteiger partial charge on any atom is -0.505 e. The van der Waals surface area contributed by atoms with Gasteiger partial charge in [0.2, 0.25) is 0 Å². The van der Waals surface area contributed by atoms with Crippen molar-refractivity contribution in [3.8, 4) is 5.75 Å². The second-order valence-electron chi connectivity index (χ2n) is 4.18. The van der Waals surface area contributed by atoms with Crippen molar-refractivity contribution in [2.45, 2.75) is 13.5 Å². The van der Waals surface area contributed by atoms with Gasteiger partial charge in [0.15, 0.2) is 11.6 Å². The van der Waals surface area contributed by atoms with Crippen molar-refractivity contribution in [1.82, 2.24) is 0 Å². The molecule has 0 saturated heterocycles. The lowest BCUT2D eigenvalue weighted by molar-refractivity contribution is 0.427. The summed E-state index contributed by atoms with van der Waals surface area (Å²) >= 11 is 12.1. The number of hydrogen-bond donors (Lipinski definition) is 2. The van der Waals surface area contributed by atoms with E-state index < -0.39 is 5.82 Å². The maximum Gasteiger partial charge on any atom is 0.165 e. The summed E-state index contributed by atoms with van der Waals surface area (Å²) in [6.45, 7) is 2.11. The molecule has 0 heterocycles. The zero-order valence-corrected chi connectivity index (χ0v) is 11.7. The first-order valence-electron chi connectivity index (χ1n) is 5.65. The van der Waals surface area contributed by atoms with Crippen molar-refractivity contribution in [1.29, 1.82) is 0 Å². The Kier molecular flexibility index (Phi) is 4.17. The lowest BCUT2D eigenvalue weighted by atomic mass is 10.1. The van der Waals surface area contributed by atoms with Crippen molar-refractivity contribution in [3.63, 3.8) is 0 Å². The van der Waals surface area contributed by atoms with Gasteiger partial charge in [0.25, 0.3) is 0 Å². The Bertz CT molecular complexity index is 617. The van der Waals surface area contributed by atoms with E-state index in [1.54, 1.807) is 18.2 Å². The summed E-state index contributed by atoms with van der Waals surface area (Å²) in [6, 6.07) is 7.83. The highest BCUT2D eigenvalue weighted by molar-refractivity contribution is 6.35. The van der Waals surface area contributed by atoms with Crippen LogP contribution >= 0.6 is 23.2 Å². The van der Waals surface area contributed by atoms with Crippen molar-refractivity contribution in [2.24, 2.45) is 0 Å². The zero-order valence-electron chi connectivity index (χ0n) is 10.2. The Morgan fingerprint density at radius 1 is 1.21 bits per heavy atom. The average molecular weight is 300 g/mol. The molecule has 0 aromatic heterocycles. The minimum atomic E-state index is -0.646. The predicted octanol–water partition coefficient (Wildman–Crippen LogP) is 4.76. The highest BCUT2D eigenvalue weighted by atomic mass is 35.5. The van der Waals surface area contributed by atoms with Crippen molar-refractivity contribution >= 4 is 28.9 Å². The molecular formula is C14H12Cl2FNO. The topological polar surface area (TPSA) is 32.3 Å². The van der Waals surface area contributed by atoms with Crippen LogP contribution in [0.5, 0.6) is 5.75 Å². The lowest BCUT2D eigenvalue weighted by Crippen LogP contribution is -2.01. The highest BCUT2D eigenvalue weighted by Crippen LogP contribution is 2.30. The summed E-state index contributed by atoms with van der Waals surface area (Å²) in [4.78, 5) is 0. The molecule has 0 aliphatic rings. The Labute approximate surface area is 120 Å². The van der Waals surface area contributed by atoms with Crippen LogP contribution in [0.4, 0.5) is 10.1 Å². The SMILES string of the molecule is Cc1cc(Cl)c(NCc2cccc(F)c2O)cc1Cl. The van der Waals surface area contributed by atoms with Crippen molar-refractivity contribution < 1.29 is 9.50 Å². The van der Waals surface area contributed by atoms with Crippen LogP contribution in [0.2, 0.25) is 10.0 Å². The standard InChI is InChI=1S/C14H12Cl2FNO/c1-8-5-11(16)13(6-10(8)15)18-7-9-3-2-4-12(17)14(9)19/h2-6,18-19H,7H2,1H3. The molecule has 0 fully saturated rings. The Morgan fingerprint density at radius 3 is 2.68 bits per heavy atom. The van der Waals surface area contributed by atoms with Gasteiger partial charge >= 0.3 is 0 Å². The molecule has 0 spiro atoms. The summed E-state index contributed by atoms with van der Waals surface area (Å²) in [7, 11) is 0. The molecule has 0 aliphatic heterocycles. The fourth-order valence-corrected chi connectivity index (χ4v) is 2.12. The first kappa shape index (κ1) is 14.0. The number of para-hydroxylation sites is 1. The van der Waals surface area contributed by atoms with Gasteiger partial charge in [-0.05, 0) is 30.7 Å². The Balaban J connectivity index is 2.19. The first-order chi connectivity index (χ1) is 8.99. The molecule has 2 aromatic carbocycles. The Hall–Kier alpha value is -1.45. The maximum absolute atomic E-state index is 13.2. The minimum absolute atomic E-state index is 0.253. The quantitative estimate of drug-likeness (QED) is 0.856. The molecule has 2 nitrogen and oxygen atoms in total. The summed E-state index contributed by atoms with van der Waals surface area (Å²) in [6.07, 6.45) is 0. The monoisotopic (exact) mass is 299 g/mol. The van der Waals surface area contributed by atoms with Crippen molar-refractivity contribution in [2.75, 3.05) is 5.32 Å². The Morgan fingerprint density at radius 2 is 1.95 bits per heavy atom. The van der Waals surface area contributed by atoms with E-state index in [2.05, 4.69) is 5.32 Å². The van der Waals surface area contributed by atoms with Gasteiger partial charge in [-0.1, -0.05) is 35.3 Å². The molecule has 0 bridgehead atoms. The van der Waals surface area contributed by atoms with Crippen LogP contribution in [0.15, 0.2) is 30.3 Å². The van der Waals surface area contributed by atoms with E-state index in [1.807, 2.05) is 6.92 Å². The van der Waals surface area contributed by atoms with Gasteiger partial charge in [-0.15, -0.1) is 0 Å². The van der Waals surface area contributed by atoms with Gasteiger partial charge in [-0.25, -0.2) is 4.39 Å². The summed E-state index contributed by atoms with van der Waals surface area (Å²) < 4.78 is 13.2. The smallest absolute Gasteiger partial charge is 0.165 e. The van der Waals surface area contributed by atoms with E-state index in [9.17, 15) is 9.50 Å². The number of aromatic hydroxyl groups is 1. The van der Waals surface area contributed by atoms with Crippen LogP contribution in [-0.2, 0) is 6.54 Å². The van der Waals surface area contributed by atoms with E-state index in [1.165, 1.54) is 12.1 Å². The third-order valence-corrected chi connectivity index (χ3v) is 3.51. The molecular weight excluding hydrogens is 288 g/mol. The second-order valence-corrected chi connectivity index (χ2v) is 5.00. The van der Waals surface area contributed by atoms with Gasteiger partial charge < -0.3 is 10.4 Å². The fraction of sp³-hybridized carbons (Fsp3) is 0.143. The third kappa shape index (κ3) is 3.11. The van der Waals surface area contributed by atoms with Crippen molar-refractivity contribution in [3.05, 3.63) is 57.3 Å². The number of nitrogens with one attached hydrogen (secondary N) is 1. The maximum atomic E-state index is 13.2. The highest BCUT2D eigenvalue weighted by Gasteiger charge is 2.08. The fourth-order valence-electron chi connectivity index (χ4n) is 1.67. The van der Waals surface area contributed by atoms with Gasteiger partial charge in [0.05, 0.1) is 10.7 Å².